The van der Waals surface area contributed by atoms with Crippen molar-refractivity contribution in [3.8, 4) is 0 Å². The molecular formula is C38H46Zr. The Kier molecular flexibility index (Phi) is 8.04. The van der Waals surface area contributed by atoms with Crippen molar-refractivity contribution < 1.29 is 24.2 Å². The molecule has 3 aromatic rings. The summed E-state index contributed by atoms with van der Waals surface area (Å²) >= 11 is 1.55. The number of hydrogen-bond acceptors (Lipinski definition) is 0. The van der Waals surface area contributed by atoms with Gasteiger partial charge in [0.05, 0.1) is 0 Å². The van der Waals surface area contributed by atoms with Crippen LogP contribution in [0.2, 0.25) is 0 Å². The second-order valence-electron chi connectivity index (χ2n) is 14.2. The number of fused-ring (bicyclic) bond motifs is 5. The summed E-state index contributed by atoms with van der Waals surface area (Å²) in [6.07, 6.45) is 12.5. The maximum absolute atomic E-state index is 3.26. The van der Waals surface area contributed by atoms with E-state index in [2.05, 4.69) is 144 Å². The average molecular weight is 594 g/mol. The van der Waals surface area contributed by atoms with Crippen LogP contribution in [0.4, 0.5) is 0 Å². The monoisotopic (exact) mass is 592 g/mol. The Morgan fingerprint density at radius 1 is 0.821 bits per heavy atom. The molecule has 0 N–H and O–H groups in total. The average Bonchev–Trinajstić information content (AvgIpc) is 3.49. The first-order chi connectivity index (χ1) is 17.9. The Hall–Kier alpha value is -1.98. The molecule has 3 aromatic carbocycles. The fourth-order valence-electron chi connectivity index (χ4n) is 6.27. The first-order valence-electron chi connectivity index (χ1n) is 14.4. The van der Waals surface area contributed by atoms with Crippen LogP contribution in [0.3, 0.4) is 0 Å². The van der Waals surface area contributed by atoms with Gasteiger partial charge in [-0.15, -0.1) is 39.7 Å². The molecule has 6 rings (SSSR count). The Balaban J connectivity index is 0.000000210. The molecular weight excluding hydrogens is 548 g/mol. The van der Waals surface area contributed by atoms with Crippen LogP contribution in [0.1, 0.15) is 105 Å². The molecule has 0 aliphatic heterocycles. The van der Waals surface area contributed by atoms with Gasteiger partial charge in [0.15, 0.2) is 0 Å². The van der Waals surface area contributed by atoms with Gasteiger partial charge < -0.3 is 0 Å². The Bertz CT molecular complexity index is 1490. The van der Waals surface area contributed by atoms with Crippen molar-refractivity contribution in [3.05, 3.63) is 88.5 Å². The van der Waals surface area contributed by atoms with Gasteiger partial charge in [0.2, 0.25) is 0 Å². The van der Waals surface area contributed by atoms with Gasteiger partial charge in [-0.1, -0.05) is 102 Å². The van der Waals surface area contributed by atoms with Crippen LogP contribution in [0.5, 0.6) is 0 Å². The van der Waals surface area contributed by atoms with Gasteiger partial charge in [0.25, 0.3) is 0 Å². The molecule has 0 heterocycles. The van der Waals surface area contributed by atoms with Crippen molar-refractivity contribution in [2.24, 2.45) is 11.3 Å². The van der Waals surface area contributed by atoms with Crippen molar-refractivity contribution in [2.75, 3.05) is 0 Å². The van der Waals surface area contributed by atoms with Gasteiger partial charge in [-0.25, -0.2) is 6.08 Å². The number of benzene rings is 2. The fourth-order valence-corrected chi connectivity index (χ4v) is 6.27. The van der Waals surface area contributed by atoms with Gasteiger partial charge in [-0.05, 0) is 36.1 Å². The van der Waals surface area contributed by atoms with Gasteiger partial charge in [0, 0.05) is 10.8 Å². The van der Waals surface area contributed by atoms with E-state index in [1.54, 1.807) is 24.2 Å². The topological polar surface area (TPSA) is 0 Å². The molecule has 0 saturated heterocycles. The summed E-state index contributed by atoms with van der Waals surface area (Å²) in [5.74, 6) is 0.522. The van der Waals surface area contributed by atoms with E-state index < -0.39 is 0 Å². The third kappa shape index (κ3) is 6.05. The summed E-state index contributed by atoms with van der Waals surface area (Å²) in [6.45, 7) is 26.9. The Morgan fingerprint density at radius 3 is 1.54 bits per heavy atom. The molecule has 0 aromatic heterocycles. The molecule has 0 fully saturated rings. The normalized spacial score (nSPS) is 19.9. The minimum absolute atomic E-state index is 0.139. The maximum atomic E-state index is 3.26. The quantitative estimate of drug-likeness (QED) is 0.227. The summed E-state index contributed by atoms with van der Waals surface area (Å²) < 4.78 is 1.51. The molecule has 1 atom stereocenters. The van der Waals surface area contributed by atoms with E-state index in [4.69, 9.17) is 0 Å². The SMILES string of the molecule is CC1=CC(C)(C)c2cc3[cH-]c4cc5c(cc4c3cc21)C(C)=CC5(C)C.CC1[C-]=CC(C(C)(C)C)=C1.C[C](C)=[Zr+2]. The van der Waals surface area contributed by atoms with Crippen molar-refractivity contribution in [3.63, 3.8) is 0 Å². The van der Waals surface area contributed by atoms with Crippen LogP contribution in [0, 0.1) is 17.4 Å². The summed E-state index contributed by atoms with van der Waals surface area (Å²) in [7, 11) is 0. The molecule has 0 radical (unpaired) electrons. The Morgan fingerprint density at radius 2 is 1.23 bits per heavy atom. The molecule has 0 spiro atoms. The van der Waals surface area contributed by atoms with Crippen LogP contribution in [-0.2, 0) is 35.1 Å². The first kappa shape index (κ1) is 30.0. The summed E-state index contributed by atoms with van der Waals surface area (Å²) in [5, 5.41) is 5.57. The molecule has 3 aliphatic rings. The van der Waals surface area contributed by atoms with Crippen LogP contribution in [-0.4, -0.2) is 3.21 Å². The number of rotatable bonds is 0. The van der Waals surface area contributed by atoms with Gasteiger partial charge in [0.1, 0.15) is 0 Å². The van der Waals surface area contributed by atoms with Crippen molar-refractivity contribution in [2.45, 2.75) is 93.9 Å². The van der Waals surface area contributed by atoms with Gasteiger partial charge >= 0.3 is 41.3 Å². The molecule has 0 amide bonds. The van der Waals surface area contributed by atoms with Crippen LogP contribution in [0.15, 0.2) is 60.2 Å². The zero-order chi connectivity index (χ0) is 29.1. The van der Waals surface area contributed by atoms with E-state index in [0.29, 0.717) is 11.3 Å². The predicted octanol–water partition coefficient (Wildman–Crippen LogP) is 10.8. The summed E-state index contributed by atoms with van der Waals surface area (Å²) in [5.41, 5.74) is 10.6. The second kappa shape index (κ2) is 10.5. The molecule has 0 nitrogen and oxygen atoms in total. The molecule has 0 bridgehead atoms. The van der Waals surface area contributed by atoms with Crippen LogP contribution in [0.25, 0.3) is 32.7 Å². The molecule has 3 aliphatic carbocycles. The van der Waals surface area contributed by atoms with Gasteiger partial charge in [-0.3, -0.25) is 6.08 Å². The second-order valence-corrected chi connectivity index (χ2v) is 16.6. The van der Waals surface area contributed by atoms with Crippen molar-refractivity contribution in [1.29, 1.82) is 0 Å². The molecule has 0 saturated carbocycles. The number of hydrogen-bond donors (Lipinski definition) is 0. The van der Waals surface area contributed by atoms with E-state index in [1.807, 2.05) is 0 Å². The van der Waals surface area contributed by atoms with Crippen molar-refractivity contribution in [1.82, 2.24) is 0 Å². The first-order valence-corrected chi connectivity index (χ1v) is 15.6. The van der Waals surface area contributed by atoms with E-state index in [-0.39, 0.29) is 10.8 Å². The van der Waals surface area contributed by atoms with E-state index >= 15 is 0 Å². The molecule has 202 valence electrons. The predicted molar refractivity (Wildman–Crippen MR) is 171 cm³/mol. The van der Waals surface area contributed by atoms with E-state index in [9.17, 15) is 0 Å². The van der Waals surface area contributed by atoms with Crippen LogP contribution >= 0.6 is 0 Å². The summed E-state index contributed by atoms with van der Waals surface area (Å²) in [4.78, 5) is 0. The molecule has 1 unspecified atom stereocenters. The zero-order valence-electron chi connectivity index (χ0n) is 26.3. The molecule has 1 heteroatoms. The molecule has 39 heavy (non-hydrogen) atoms. The van der Waals surface area contributed by atoms with E-state index in [0.717, 1.165) is 0 Å². The zero-order valence-corrected chi connectivity index (χ0v) is 28.7. The Labute approximate surface area is 252 Å². The summed E-state index contributed by atoms with van der Waals surface area (Å²) in [6, 6.07) is 12.1. The minimum atomic E-state index is 0.139. The standard InChI is InChI=1S/C25H25.C10H15.C3H6.Zr/c1-14-12-24(3,4)22-8-16-7-17-9-23-19(15(2)13-25(23,5)6)11-21(17)20(16)10-18(14)22;1-8-5-6-9(7-8)10(2,3)4;1-3-2;/h7-13H,1-6H3;6-8H,1-4H3;1-2H3;/q2*-1;;+2. The fraction of sp³-hybridized carbons (Fsp3) is 0.421. The van der Waals surface area contributed by atoms with Gasteiger partial charge in [-0.2, -0.15) is 11.6 Å². The van der Waals surface area contributed by atoms with Crippen molar-refractivity contribution >= 4 is 35.9 Å². The van der Waals surface area contributed by atoms with E-state index in [1.165, 1.54) is 63.7 Å². The number of allylic oxidation sites excluding steroid dienone is 8. The third-order valence-electron chi connectivity index (χ3n) is 8.17. The van der Waals surface area contributed by atoms with Crippen LogP contribution < -0.4 is 0 Å². The third-order valence-corrected chi connectivity index (χ3v) is 8.17.